The second-order valence-corrected chi connectivity index (χ2v) is 13.1. The number of benzene rings is 1. The maximum Gasteiger partial charge on any atom is 0.251 e. The molecule has 270 valence electrons. The van der Waals surface area contributed by atoms with Crippen molar-refractivity contribution < 1.29 is 38.2 Å². The number of pyridine rings is 1. The van der Waals surface area contributed by atoms with E-state index < -0.39 is 11.4 Å². The summed E-state index contributed by atoms with van der Waals surface area (Å²) in [4.78, 5) is 67.3. The van der Waals surface area contributed by atoms with Crippen molar-refractivity contribution >= 4 is 29.0 Å². The lowest BCUT2D eigenvalue weighted by Gasteiger charge is -2.34. The van der Waals surface area contributed by atoms with Crippen LogP contribution in [-0.4, -0.2) is 79.2 Å². The van der Waals surface area contributed by atoms with Crippen LogP contribution in [0, 0.1) is 17.8 Å². The summed E-state index contributed by atoms with van der Waals surface area (Å²) in [6.45, 7) is 13.6. The van der Waals surface area contributed by atoms with Gasteiger partial charge in [-0.25, -0.2) is 0 Å². The van der Waals surface area contributed by atoms with E-state index in [4.69, 9.17) is 14.2 Å². The van der Waals surface area contributed by atoms with Gasteiger partial charge in [-0.1, -0.05) is 60.6 Å². The zero-order chi connectivity index (χ0) is 36.4. The monoisotopic (exact) mass is 680 g/mol. The van der Waals surface area contributed by atoms with E-state index in [0.717, 1.165) is 18.4 Å². The van der Waals surface area contributed by atoms with E-state index in [0.29, 0.717) is 23.2 Å². The molecule has 0 aliphatic carbocycles. The first-order valence-electron chi connectivity index (χ1n) is 17.6. The fraction of sp³-hybridized carbons (Fsp3) is 0.590. The molecule has 1 aromatic heterocycles. The first-order valence-corrected chi connectivity index (χ1v) is 17.6. The summed E-state index contributed by atoms with van der Waals surface area (Å²) in [5, 5.41) is 3.06. The molecule has 0 fully saturated rings. The summed E-state index contributed by atoms with van der Waals surface area (Å²) < 4.78 is 17.9. The number of Topliss-reactive ketones (excluding diaryl/α,β-unsaturated/α-hetero) is 4. The van der Waals surface area contributed by atoms with Crippen LogP contribution in [0.25, 0.3) is 11.3 Å². The summed E-state index contributed by atoms with van der Waals surface area (Å²) in [5.74, 6) is -0.393. The number of nitrogens with zero attached hydrogens (tertiary/aromatic N) is 1. The van der Waals surface area contributed by atoms with Crippen LogP contribution < -0.4 is 5.32 Å². The number of rotatable bonds is 25. The molecule has 1 N–H and O–H groups in total. The molecule has 1 heterocycles. The fourth-order valence-corrected chi connectivity index (χ4v) is 4.79. The Morgan fingerprint density at radius 3 is 1.71 bits per heavy atom. The third-order valence-corrected chi connectivity index (χ3v) is 8.78. The number of ketones is 4. The lowest BCUT2D eigenvalue weighted by molar-refractivity contribution is -0.124. The lowest BCUT2D eigenvalue weighted by Crippen LogP contribution is -2.58. The summed E-state index contributed by atoms with van der Waals surface area (Å²) in [6, 6.07) is 10.5. The summed E-state index contributed by atoms with van der Waals surface area (Å²) in [7, 11) is 0. The highest BCUT2D eigenvalue weighted by molar-refractivity contribution is 5.97. The lowest BCUT2D eigenvalue weighted by atomic mass is 9.98. The number of nitrogens with one attached hydrogen (secondary N) is 1. The number of hydrogen-bond acceptors (Lipinski definition) is 9. The maximum absolute atomic E-state index is 13.7. The number of ether oxygens (including phenoxy) is 3. The molecule has 49 heavy (non-hydrogen) atoms. The fourth-order valence-electron chi connectivity index (χ4n) is 4.79. The average molecular weight is 681 g/mol. The van der Waals surface area contributed by atoms with Crippen molar-refractivity contribution in [2.24, 2.45) is 17.8 Å². The Bertz CT molecular complexity index is 1360. The molecule has 0 saturated carbocycles. The minimum absolute atomic E-state index is 0.0170. The van der Waals surface area contributed by atoms with Crippen LogP contribution in [0.15, 0.2) is 42.6 Å². The highest BCUT2D eigenvalue weighted by Crippen LogP contribution is 2.21. The average Bonchev–Trinajstić information content (AvgIpc) is 3.12. The van der Waals surface area contributed by atoms with Crippen LogP contribution in [0.5, 0.6) is 0 Å². The number of carbonyl (C=O) groups is 5. The molecule has 0 saturated heterocycles. The Hall–Kier alpha value is -3.60. The summed E-state index contributed by atoms with van der Waals surface area (Å²) in [6.07, 6.45) is 4.16. The van der Waals surface area contributed by atoms with Gasteiger partial charge in [-0.05, 0) is 37.1 Å². The minimum Gasteiger partial charge on any atom is -0.378 e. The Balaban J connectivity index is 2.27. The number of aromatic nitrogens is 1. The van der Waals surface area contributed by atoms with Gasteiger partial charge in [-0.2, -0.15) is 0 Å². The van der Waals surface area contributed by atoms with Crippen molar-refractivity contribution in [1.29, 1.82) is 0 Å². The van der Waals surface area contributed by atoms with Crippen LogP contribution in [0.3, 0.4) is 0 Å². The smallest absolute Gasteiger partial charge is 0.251 e. The molecule has 0 spiro atoms. The normalized spacial score (nSPS) is 13.8. The van der Waals surface area contributed by atoms with Crippen LogP contribution in [0.4, 0.5) is 0 Å². The van der Waals surface area contributed by atoms with Gasteiger partial charge in [0.15, 0.2) is 5.78 Å². The Labute approximate surface area is 292 Å². The van der Waals surface area contributed by atoms with E-state index in [1.807, 2.05) is 41.5 Å². The first-order chi connectivity index (χ1) is 23.4. The maximum atomic E-state index is 13.7. The quantitative estimate of drug-likeness (QED) is 0.0922. The standard InChI is InChI=1S/C39H56N2O8/c1-8-28(6)36(44)19-22-49-26-39(24-47-20-17-33(42)10-3,25-48-21-18-35(43)27(4)5)41-38(46)31-13-11-30(12-14-31)34-16-15-32(23-40-34)37(45)29(7)9-2/h11-16,23,27-29H,8-10,17-22,24-26H2,1-7H3,(H,41,46). The van der Waals surface area contributed by atoms with Crippen molar-refractivity contribution in [3.8, 4) is 11.3 Å². The first kappa shape index (κ1) is 41.6. The summed E-state index contributed by atoms with van der Waals surface area (Å²) >= 11 is 0. The van der Waals surface area contributed by atoms with Gasteiger partial charge < -0.3 is 19.5 Å². The predicted octanol–water partition coefficient (Wildman–Crippen LogP) is 6.49. The van der Waals surface area contributed by atoms with Crippen LogP contribution in [0.2, 0.25) is 0 Å². The molecule has 0 radical (unpaired) electrons. The van der Waals surface area contributed by atoms with Crippen molar-refractivity contribution in [3.63, 3.8) is 0 Å². The van der Waals surface area contributed by atoms with E-state index in [1.54, 1.807) is 49.5 Å². The third kappa shape index (κ3) is 14.0. The van der Waals surface area contributed by atoms with E-state index in [9.17, 15) is 24.0 Å². The van der Waals surface area contributed by atoms with Crippen LogP contribution in [-0.2, 0) is 28.6 Å². The molecule has 0 bridgehead atoms. The van der Waals surface area contributed by atoms with Crippen molar-refractivity contribution in [1.82, 2.24) is 10.3 Å². The molecule has 0 aliphatic heterocycles. The van der Waals surface area contributed by atoms with Gasteiger partial charge in [-0.15, -0.1) is 0 Å². The molecular formula is C39H56N2O8. The molecule has 10 heteroatoms. The second kappa shape index (κ2) is 21.5. The van der Waals surface area contributed by atoms with Gasteiger partial charge in [0.25, 0.3) is 5.91 Å². The molecule has 2 rings (SSSR count). The van der Waals surface area contributed by atoms with Crippen molar-refractivity contribution in [2.75, 3.05) is 39.6 Å². The predicted molar refractivity (Wildman–Crippen MR) is 190 cm³/mol. The highest BCUT2D eigenvalue weighted by Gasteiger charge is 2.34. The molecular weight excluding hydrogens is 624 g/mol. The van der Waals surface area contributed by atoms with Gasteiger partial charge in [-0.3, -0.25) is 29.0 Å². The molecule has 2 aromatic rings. The zero-order valence-corrected chi connectivity index (χ0v) is 30.5. The number of hydrogen-bond donors (Lipinski definition) is 1. The third-order valence-electron chi connectivity index (χ3n) is 8.78. The van der Waals surface area contributed by atoms with Gasteiger partial charge >= 0.3 is 0 Å². The zero-order valence-electron chi connectivity index (χ0n) is 30.5. The number of carbonyl (C=O) groups excluding carboxylic acids is 5. The van der Waals surface area contributed by atoms with E-state index in [-0.39, 0.29) is 99.8 Å². The van der Waals surface area contributed by atoms with E-state index >= 15 is 0 Å². The van der Waals surface area contributed by atoms with Crippen molar-refractivity contribution in [2.45, 2.75) is 92.5 Å². The number of amides is 1. The SMILES string of the molecule is CCC(=O)CCOCC(COCCC(=O)C(C)C)(COCCC(=O)C(C)CC)NC(=O)c1ccc(-c2ccc(C(=O)C(C)CC)cn2)cc1. The summed E-state index contributed by atoms with van der Waals surface area (Å²) in [5.41, 5.74) is 1.21. The van der Waals surface area contributed by atoms with Gasteiger partial charge in [0.2, 0.25) is 0 Å². The van der Waals surface area contributed by atoms with Crippen LogP contribution in [0.1, 0.15) is 108 Å². The topological polar surface area (TPSA) is 138 Å². The minimum atomic E-state index is -1.18. The van der Waals surface area contributed by atoms with Crippen molar-refractivity contribution in [3.05, 3.63) is 53.7 Å². The molecule has 0 aliphatic rings. The van der Waals surface area contributed by atoms with Crippen LogP contribution >= 0.6 is 0 Å². The highest BCUT2D eigenvalue weighted by atomic mass is 16.5. The van der Waals surface area contributed by atoms with Gasteiger partial charge in [0, 0.05) is 66.3 Å². The van der Waals surface area contributed by atoms with Gasteiger partial charge in [0.05, 0.1) is 45.3 Å². The Morgan fingerprint density at radius 1 is 0.694 bits per heavy atom. The van der Waals surface area contributed by atoms with E-state index in [1.165, 1.54) is 0 Å². The Morgan fingerprint density at radius 2 is 1.22 bits per heavy atom. The molecule has 1 amide bonds. The van der Waals surface area contributed by atoms with E-state index in [2.05, 4.69) is 10.3 Å². The van der Waals surface area contributed by atoms with Gasteiger partial charge in [0.1, 0.15) is 22.9 Å². The second-order valence-electron chi connectivity index (χ2n) is 13.1. The molecule has 3 unspecified atom stereocenters. The largest absolute Gasteiger partial charge is 0.378 e. The molecule has 3 atom stereocenters. The molecule has 10 nitrogen and oxygen atoms in total. The molecule has 1 aromatic carbocycles. The Kier molecular flexibility index (Phi) is 18.2.